The van der Waals surface area contributed by atoms with Crippen LogP contribution in [0.1, 0.15) is 46.0 Å². The summed E-state index contributed by atoms with van der Waals surface area (Å²) in [5.41, 5.74) is 0. The molecule has 92 valence electrons. The van der Waals surface area contributed by atoms with Crippen LogP contribution in [0.25, 0.3) is 0 Å². The average Bonchev–Trinajstić information content (AvgIpc) is 2.49. The number of nitrogens with zero attached hydrogens (tertiary/aromatic N) is 2. The van der Waals surface area contributed by atoms with Crippen LogP contribution in [-0.2, 0) is 0 Å². The van der Waals surface area contributed by atoms with Gasteiger partial charge in [0, 0.05) is 12.6 Å². The number of nitrogens with one attached hydrogen (secondary N) is 1. The fraction of sp³-hybridized carbons (Fsp3) is 0.923. The highest BCUT2D eigenvalue weighted by molar-refractivity contribution is 4.90. The molecule has 1 saturated heterocycles. The molecule has 0 aliphatic carbocycles. The molecule has 16 heavy (non-hydrogen) atoms. The van der Waals surface area contributed by atoms with Crippen LogP contribution < -0.4 is 5.32 Å². The molecule has 1 aliphatic rings. The van der Waals surface area contributed by atoms with Crippen molar-refractivity contribution in [3.8, 4) is 6.07 Å². The average molecular weight is 223 g/mol. The summed E-state index contributed by atoms with van der Waals surface area (Å²) in [7, 11) is 0. The van der Waals surface area contributed by atoms with Crippen LogP contribution in [0, 0.1) is 11.3 Å². The van der Waals surface area contributed by atoms with Gasteiger partial charge in [0.1, 0.15) is 0 Å². The van der Waals surface area contributed by atoms with E-state index in [0.29, 0.717) is 6.04 Å². The van der Waals surface area contributed by atoms with Crippen LogP contribution >= 0.6 is 0 Å². The Hall–Kier alpha value is -0.590. The van der Waals surface area contributed by atoms with Crippen molar-refractivity contribution in [2.45, 2.75) is 58.0 Å². The normalized spacial score (nSPS) is 24.7. The summed E-state index contributed by atoms with van der Waals surface area (Å²) in [5.74, 6) is 0. The molecular formula is C13H25N3. The second kappa shape index (κ2) is 7.65. The van der Waals surface area contributed by atoms with Crippen molar-refractivity contribution in [3.05, 3.63) is 0 Å². The van der Waals surface area contributed by atoms with E-state index in [0.717, 1.165) is 19.5 Å². The molecule has 1 N–H and O–H groups in total. The minimum absolute atomic E-state index is 0.0282. The molecule has 0 saturated carbocycles. The van der Waals surface area contributed by atoms with E-state index in [9.17, 15) is 0 Å². The number of rotatable bonds is 5. The summed E-state index contributed by atoms with van der Waals surface area (Å²) in [6, 6.07) is 3.06. The number of hydrogen-bond donors (Lipinski definition) is 1. The summed E-state index contributed by atoms with van der Waals surface area (Å²) in [5, 5.41) is 12.2. The van der Waals surface area contributed by atoms with E-state index >= 15 is 0 Å². The van der Waals surface area contributed by atoms with Crippen molar-refractivity contribution < 1.29 is 0 Å². The Bertz CT molecular complexity index is 222. The van der Waals surface area contributed by atoms with Gasteiger partial charge in [-0.3, -0.25) is 0 Å². The predicted molar refractivity (Wildman–Crippen MR) is 67.2 cm³/mol. The topological polar surface area (TPSA) is 39.1 Å². The van der Waals surface area contributed by atoms with Gasteiger partial charge in [0.25, 0.3) is 0 Å². The lowest BCUT2D eigenvalue weighted by Gasteiger charge is -2.27. The summed E-state index contributed by atoms with van der Waals surface area (Å²) >= 11 is 0. The fourth-order valence-corrected chi connectivity index (χ4v) is 2.42. The van der Waals surface area contributed by atoms with Gasteiger partial charge in [0.15, 0.2) is 0 Å². The van der Waals surface area contributed by atoms with E-state index in [1.54, 1.807) is 0 Å². The fourth-order valence-electron chi connectivity index (χ4n) is 2.42. The zero-order chi connectivity index (χ0) is 11.8. The third kappa shape index (κ3) is 4.51. The maximum absolute atomic E-state index is 8.98. The van der Waals surface area contributed by atoms with E-state index in [4.69, 9.17) is 5.26 Å². The molecule has 1 aliphatic heterocycles. The van der Waals surface area contributed by atoms with Crippen LogP contribution in [0.5, 0.6) is 0 Å². The first-order valence-corrected chi connectivity index (χ1v) is 6.65. The van der Waals surface area contributed by atoms with Crippen molar-refractivity contribution in [1.82, 2.24) is 10.2 Å². The highest BCUT2D eigenvalue weighted by Gasteiger charge is 2.17. The van der Waals surface area contributed by atoms with Gasteiger partial charge < -0.3 is 10.2 Å². The number of likely N-dealkylation sites (tertiary alicyclic amines) is 1. The van der Waals surface area contributed by atoms with Gasteiger partial charge in [-0.1, -0.05) is 19.8 Å². The lowest BCUT2D eigenvalue weighted by molar-refractivity contribution is 0.206. The highest BCUT2D eigenvalue weighted by Crippen LogP contribution is 2.16. The summed E-state index contributed by atoms with van der Waals surface area (Å²) in [6.07, 6.45) is 6.33. The number of hydrogen-bond acceptors (Lipinski definition) is 3. The van der Waals surface area contributed by atoms with Gasteiger partial charge in [-0.05, 0) is 39.3 Å². The van der Waals surface area contributed by atoms with Gasteiger partial charge in [0.2, 0.25) is 0 Å². The lowest BCUT2D eigenvalue weighted by Crippen LogP contribution is -2.37. The summed E-state index contributed by atoms with van der Waals surface area (Å²) in [6.45, 7) is 7.53. The van der Waals surface area contributed by atoms with E-state index in [2.05, 4.69) is 30.1 Å². The molecule has 0 aromatic heterocycles. The van der Waals surface area contributed by atoms with E-state index < -0.39 is 0 Å². The molecule has 0 spiro atoms. The Morgan fingerprint density at radius 2 is 2.25 bits per heavy atom. The monoisotopic (exact) mass is 223 g/mol. The SMILES string of the molecule is CCNC(C#N)CCN1CCCCCC1C. The predicted octanol–water partition coefficient (Wildman–Crippen LogP) is 2.14. The van der Waals surface area contributed by atoms with Crippen LogP contribution in [0.2, 0.25) is 0 Å². The summed E-state index contributed by atoms with van der Waals surface area (Å²) < 4.78 is 0. The third-order valence-corrected chi connectivity index (χ3v) is 3.50. The summed E-state index contributed by atoms with van der Waals surface area (Å²) in [4.78, 5) is 2.55. The Kier molecular flexibility index (Phi) is 6.44. The second-order valence-corrected chi connectivity index (χ2v) is 4.76. The zero-order valence-electron chi connectivity index (χ0n) is 10.7. The largest absolute Gasteiger partial charge is 0.302 e. The molecule has 0 radical (unpaired) electrons. The standard InChI is InChI=1S/C13H25N3/c1-3-15-13(11-14)8-10-16-9-6-4-5-7-12(16)2/h12-13,15H,3-10H2,1-2H3. The highest BCUT2D eigenvalue weighted by atomic mass is 15.1. The van der Waals surface area contributed by atoms with Crippen molar-refractivity contribution in [1.29, 1.82) is 5.26 Å². The molecule has 0 aromatic carbocycles. The lowest BCUT2D eigenvalue weighted by atomic mass is 10.1. The van der Waals surface area contributed by atoms with Crippen molar-refractivity contribution in [2.24, 2.45) is 0 Å². The van der Waals surface area contributed by atoms with Crippen LogP contribution in [0.3, 0.4) is 0 Å². The Labute approximate surface area is 99.8 Å². The maximum Gasteiger partial charge on any atom is 0.0965 e. The molecule has 3 heteroatoms. The van der Waals surface area contributed by atoms with Gasteiger partial charge in [-0.2, -0.15) is 5.26 Å². The van der Waals surface area contributed by atoms with Crippen molar-refractivity contribution >= 4 is 0 Å². The second-order valence-electron chi connectivity index (χ2n) is 4.76. The Balaban J connectivity index is 2.31. The van der Waals surface area contributed by atoms with Gasteiger partial charge in [-0.15, -0.1) is 0 Å². The van der Waals surface area contributed by atoms with E-state index in [-0.39, 0.29) is 6.04 Å². The van der Waals surface area contributed by atoms with E-state index in [1.807, 2.05) is 0 Å². The van der Waals surface area contributed by atoms with Gasteiger partial charge in [0.05, 0.1) is 12.1 Å². The molecule has 0 aromatic rings. The number of nitriles is 1. The molecule has 3 nitrogen and oxygen atoms in total. The first-order valence-electron chi connectivity index (χ1n) is 6.65. The van der Waals surface area contributed by atoms with E-state index in [1.165, 1.54) is 32.2 Å². The van der Waals surface area contributed by atoms with Crippen LogP contribution in [0.4, 0.5) is 0 Å². The van der Waals surface area contributed by atoms with Gasteiger partial charge >= 0.3 is 0 Å². The molecule has 2 unspecified atom stereocenters. The molecular weight excluding hydrogens is 198 g/mol. The van der Waals surface area contributed by atoms with Crippen molar-refractivity contribution in [2.75, 3.05) is 19.6 Å². The minimum Gasteiger partial charge on any atom is -0.302 e. The Morgan fingerprint density at radius 1 is 1.44 bits per heavy atom. The molecule has 0 bridgehead atoms. The molecule has 0 amide bonds. The zero-order valence-corrected chi connectivity index (χ0v) is 10.7. The smallest absolute Gasteiger partial charge is 0.0965 e. The third-order valence-electron chi connectivity index (χ3n) is 3.50. The van der Waals surface area contributed by atoms with Crippen LogP contribution in [0.15, 0.2) is 0 Å². The first-order chi connectivity index (χ1) is 7.77. The molecule has 1 heterocycles. The quantitative estimate of drug-likeness (QED) is 0.776. The minimum atomic E-state index is 0.0282. The van der Waals surface area contributed by atoms with Crippen molar-refractivity contribution in [3.63, 3.8) is 0 Å². The Morgan fingerprint density at radius 3 is 2.94 bits per heavy atom. The van der Waals surface area contributed by atoms with Gasteiger partial charge in [-0.25, -0.2) is 0 Å². The first kappa shape index (κ1) is 13.5. The van der Waals surface area contributed by atoms with Crippen LogP contribution in [-0.4, -0.2) is 36.6 Å². The molecule has 1 fully saturated rings. The maximum atomic E-state index is 8.98. The molecule has 1 rings (SSSR count). The molecule has 2 atom stereocenters.